The number of fused-ring (bicyclic) bond motifs is 1. The van der Waals surface area contributed by atoms with Gasteiger partial charge in [-0.2, -0.15) is 18.3 Å². The summed E-state index contributed by atoms with van der Waals surface area (Å²) in [5, 5.41) is 4.12. The second kappa shape index (κ2) is 6.75. The Morgan fingerprint density at radius 2 is 1.88 bits per heavy atom. The normalized spacial score (nSPS) is 12.4. The third-order valence-electron chi connectivity index (χ3n) is 3.72. The molecule has 0 saturated carbocycles. The molecule has 0 bridgehead atoms. The Labute approximate surface area is 152 Å². The van der Waals surface area contributed by atoms with Crippen LogP contribution in [0.1, 0.15) is 18.1 Å². The fourth-order valence-electron chi connectivity index (χ4n) is 2.39. The molecule has 2 aromatic carbocycles. The quantitative estimate of drug-likeness (QED) is 0.368. The predicted molar refractivity (Wildman–Crippen MR) is 98.7 cm³/mol. The lowest BCUT2D eigenvalue weighted by Gasteiger charge is -2.06. The molecule has 0 atom stereocenters. The van der Waals surface area contributed by atoms with E-state index in [0.29, 0.717) is 22.6 Å². The molecule has 0 aliphatic rings. The maximum Gasteiger partial charge on any atom is 0.416 e. The molecule has 3 aromatic rings. The molecular weight excluding hydrogens is 363 g/mol. The van der Waals surface area contributed by atoms with Crippen molar-refractivity contribution in [1.82, 2.24) is 15.4 Å². The molecule has 134 valence electrons. The van der Waals surface area contributed by atoms with Gasteiger partial charge in [0.1, 0.15) is 5.82 Å². The molecule has 0 amide bonds. The standard InChI is InChI=1S/C17H14F3N5S/c1-9(24-25-16(21)26)11-4-7-13-14(8-11)23-15(22-13)10-2-5-12(6-3-10)17(18,19)20/h2-8H,1H3,(H,22,23)(H3,21,25,26)/b24-9+. The zero-order chi connectivity index (χ0) is 18.9. The Kier molecular flexibility index (Phi) is 4.64. The van der Waals surface area contributed by atoms with Gasteiger partial charge in [0.25, 0.3) is 0 Å². The van der Waals surface area contributed by atoms with E-state index in [1.54, 1.807) is 13.0 Å². The Morgan fingerprint density at radius 1 is 1.19 bits per heavy atom. The summed E-state index contributed by atoms with van der Waals surface area (Å²) in [6, 6.07) is 10.3. The van der Waals surface area contributed by atoms with Gasteiger partial charge in [0.2, 0.25) is 0 Å². The number of aromatic nitrogens is 2. The van der Waals surface area contributed by atoms with Crippen LogP contribution in [0.4, 0.5) is 13.2 Å². The van der Waals surface area contributed by atoms with E-state index in [1.807, 2.05) is 12.1 Å². The number of nitrogens with two attached hydrogens (primary N) is 1. The Balaban J connectivity index is 1.92. The van der Waals surface area contributed by atoms with Crippen molar-refractivity contribution < 1.29 is 13.2 Å². The number of imidazole rings is 1. The van der Waals surface area contributed by atoms with Gasteiger partial charge in [-0.05, 0) is 49.0 Å². The first-order valence-electron chi connectivity index (χ1n) is 7.51. The molecule has 0 unspecified atom stereocenters. The maximum absolute atomic E-state index is 12.7. The first kappa shape index (κ1) is 17.9. The zero-order valence-electron chi connectivity index (χ0n) is 13.6. The second-order valence-corrected chi connectivity index (χ2v) is 6.01. The lowest BCUT2D eigenvalue weighted by Crippen LogP contribution is -2.25. The van der Waals surface area contributed by atoms with Gasteiger partial charge in [0.05, 0.1) is 22.3 Å². The van der Waals surface area contributed by atoms with Gasteiger partial charge >= 0.3 is 6.18 Å². The van der Waals surface area contributed by atoms with E-state index in [4.69, 9.17) is 18.0 Å². The molecule has 0 saturated heterocycles. The van der Waals surface area contributed by atoms with Crippen molar-refractivity contribution in [2.75, 3.05) is 0 Å². The fourth-order valence-corrected chi connectivity index (χ4v) is 2.44. The fraction of sp³-hybridized carbons (Fsp3) is 0.118. The number of hydrogen-bond acceptors (Lipinski definition) is 3. The van der Waals surface area contributed by atoms with E-state index in [2.05, 4.69) is 20.5 Å². The third-order valence-corrected chi connectivity index (χ3v) is 3.81. The van der Waals surface area contributed by atoms with Crippen LogP contribution in [0.5, 0.6) is 0 Å². The minimum atomic E-state index is -4.36. The van der Waals surface area contributed by atoms with Crippen LogP contribution < -0.4 is 11.2 Å². The molecular formula is C17H14F3N5S. The highest BCUT2D eigenvalue weighted by Gasteiger charge is 2.30. The number of rotatable bonds is 3. The monoisotopic (exact) mass is 377 g/mol. The van der Waals surface area contributed by atoms with E-state index < -0.39 is 11.7 Å². The molecule has 3 rings (SSSR count). The number of nitrogens with one attached hydrogen (secondary N) is 2. The summed E-state index contributed by atoms with van der Waals surface area (Å²) in [4.78, 5) is 7.53. The molecule has 0 fully saturated rings. The molecule has 1 aromatic heterocycles. The lowest BCUT2D eigenvalue weighted by atomic mass is 10.1. The van der Waals surface area contributed by atoms with Gasteiger partial charge < -0.3 is 10.7 Å². The largest absolute Gasteiger partial charge is 0.416 e. The molecule has 0 radical (unpaired) electrons. The Hall–Kier alpha value is -2.94. The molecule has 0 aliphatic heterocycles. The molecule has 1 heterocycles. The van der Waals surface area contributed by atoms with Gasteiger partial charge in [0.15, 0.2) is 5.11 Å². The first-order chi connectivity index (χ1) is 12.2. The first-order valence-corrected chi connectivity index (χ1v) is 7.92. The van der Waals surface area contributed by atoms with Gasteiger partial charge in [-0.15, -0.1) is 0 Å². The predicted octanol–water partition coefficient (Wildman–Crippen LogP) is 3.81. The molecule has 0 aliphatic carbocycles. The number of aromatic amines is 1. The third kappa shape index (κ3) is 3.83. The van der Waals surface area contributed by atoms with Crippen molar-refractivity contribution in [1.29, 1.82) is 0 Å². The molecule has 9 heteroatoms. The summed E-state index contributed by atoms with van der Waals surface area (Å²) >= 11 is 4.70. The number of hydrazone groups is 1. The Bertz CT molecular complexity index is 990. The van der Waals surface area contributed by atoms with E-state index >= 15 is 0 Å². The van der Waals surface area contributed by atoms with E-state index in [1.165, 1.54) is 12.1 Å². The van der Waals surface area contributed by atoms with Crippen molar-refractivity contribution in [2.24, 2.45) is 10.8 Å². The summed E-state index contributed by atoms with van der Waals surface area (Å²) < 4.78 is 38.0. The topological polar surface area (TPSA) is 79.1 Å². The average Bonchev–Trinajstić information content (AvgIpc) is 3.02. The van der Waals surface area contributed by atoms with Crippen LogP contribution >= 0.6 is 12.2 Å². The number of benzene rings is 2. The summed E-state index contributed by atoms with van der Waals surface area (Å²) in [6.07, 6.45) is -4.36. The van der Waals surface area contributed by atoms with Crippen LogP contribution in [-0.2, 0) is 6.18 Å². The van der Waals surface area contributed by atoms with Crippen LogP contribution in [0.3, 0.4) is 0 Å². The lowest BCUT2D eigenvalue weighted by molar-refractivity contribution is -0.137. The Morgan fingerprint density at radius 3 is 2.50 bits per heavy atom. The maximum atomic E-state index is 12.7. The summed E-state index contributed by atoms with van der Waals surface area (Å²) in [7, 11) is 0. The molecule has 0 spiro atoms. The highest BCUT2D eigenvalue weighted by Crippen LogP contribution is 2.30. The van der Waals surface area contributed by atoms with Crippen molar-refractivity contribution >= 4 is 34.1 Å². The van der Waals surface area contributed by atoms with Gasteiger partial charge in [0, 0.05) is 5.56 Å². The van der Waals surface area contributed by atoms with Gasteiger partial charge in [-0.3, -0.25) is 5.43 Å². The SMILES string of the molecule is C/C(=N\NC(N)=S)c1ccc2nc(-c3ccc(C(F)(F)F)cc3)[nH]c2c1. The van der Waals surface area contributed by atoms with Crippen LogP contribution in [0.25, 0.3) is 22.4 Å². The van der Waals surface area contributed by atoms with Gasteiger partial charge in [-0.25, -0.2) is 4.98 Å². The minimum Gasteiger partial charge on any atom is -0.375 e. The van der Waals surface area contributed by atoms with Crippen molar-refractivity contribution in [3.8, 4) is 11.4 Å². The van der Waals surface area contributed by atoms with Crippen LogP contribution in [0, 0.1) is 0 Å². The summed E-state index contributed by atoms with van der Waals surface area (Å²) in [5.74, 6) is 0.488. The molecule has 5 nitrogen and oxygen atoms in total. The number of hydrogen-bond donors (Lipinski definition) is 3. The molecule has 4 N–H and O–H groups in total. The van der Waals surface area contributed by atoms with Crippen molar-refractivity contribution in [3.05, 3.63) is 53.6 Å². The van der Waals surface area contributed by atoms with Gasteiger partial charge in [-0.1, -0.05) is 18.2 Å². The van der Waals surface area contributed by atoms with E-state index in [-0.39, 0.29) is 5.11 Å². The smallest absolute Gasteiger partial charge is 0.375 e. The highest BCUT2D eigenvalue weighted by molar-refractivity contribution is 7.80. The zero-order valence-corrected chi connectivity index (χ0v) is 14.4. The van der Waals surface area contributed by atoms with Crippen molar-refractivity contribution in [2.45, 2.75) is 13.1 Å². The highest BCUT2D eigenvalue weighted by atomic mass is 32.1. The van der Waals surface area contributed by atoms with Crippen molar-refractivity contribution in [3.63, 3.8) is 0 Å². The van der Waals surface area contributed by atoms with Crippen LogP contribution in [0.2, 0.25) is 0 Å². The number of nitrogens with zero attached hydrogens (tertiary/aromatic N) is 2. The average molecular weight is 377 g/mol. The minimum absolute atomic E-state index is 0.0663. The summed E-state index contributed by atoms with van der Waals surface area (Å²) in [5.41, 5.74) is 10.7. The van der Waals surface area contributed by atoms with Crippen LogP contribution in [-0.4, -0.2) is 20.8 Å². The number of halogens is 3. The summed E-state index contributed by atoms with van der Waals surface area (Å²) in [6.45, 7) is 1.79. The molecule has 26 heavy (non-hydrogen) atoms. The number of H-pyrrole nitrogens is 1. The number of alkyl halides is 3. The van der Waals surface area contributed by atoms with Crippen LogP contribution in [0.15, 0.2) is 47.6 Å². The second-order valence-electron chi connectivity index (χ2n) is 5.57. The van der Waals surface area contributed by atoms with E-state index in [9.17, 15) is 13.2 Å². The van der Waals surface area contributed by atoms with E-state index in [0.717, 1.165) is 23.2 Å². The number of thiocarbonyl (C=S) groups is 1.